The van der Waals surface area contributed by atoms with Gasteiger partial charge in [-0.25, -0.2) is 17.9 Å². The molecule has 1 atom stereocenters. The molecule has 0 saturated heterocycles. The number of esters is 1. The number of methoxy groups -OCH3 is 1. The van der Waals surface area contributed by atoms with E-state index in [1.165, 1.54) is 11.4 Å². The third kappa shape index (κ3) is 3.66. The summed E-state index contributed by atoms with van der Waals surface area (Å²) in [6.45, 7) is -0.452. The standard InChI is InChI=1S/C8H12N2O5S2/c1-15-8(12)6(11)3-10-17(13,14)7-2-5(9)4-16-7/h2,4,6,10-11H,3,9H2,1H3. The van der Waals surface area contributed by atoms with E-state index in [4.69, 9.17) is 5.73 Å². The van der Waals surface area contributed by atoms with Crippen LogP contribution in [0.5, 0.6) is 0 Å². The molecule has 0 aromatic carbocycles. The molecule has 1 rings (SSSR count). The highest BCUT2D eigenvalue weighted by molar-refractivity contribution is 7.91. The zero-order valence-corrected chi connectivity index (χ0v) is 10.5. The van der Waals surface area contributed by atoms with Crippen LogP contribution in [0.3, 0.4) is 0 Å². The number of sulfonamides is 1. The van der Waals surface area contributed by atoms with Crippen molar-refractivity contribution in [2.45, 2.75) is 10.3 Å². The fourth-order valence-electron chi connectivity index (χ4n) is 0.950. The second-order valence-electron chi connectivity index (χ2n) is 3.09. The third-order valence-corrected chi connectivity index (χ3v) is 4.68. The maximum Gasteiger partial charge on any atom is 0.336 e. The van der Waals surface area contributed by atoms with Crippen LogP contribution in [-0.4, -0.2) is 39.3 Å². The number of nitrogen functional groups attached to an aromatic ring is 1. The van der Waals surface area contributed by atoms with E-state index in [-0.39, 0.29) is 4.21 Å². The smallest absolute Gasteiger partial charge is 0.336 e. The van der Waals surface area contributed by atoms with Gasteiger partial charge in [0.15, 0.2) is 6.10 Å². The van der Waals surface area contributed by atoms with Gasteiger partial charge in [-0.2, -0.15) is 0 Å². The molecule has 0 aliphatic rings. The molecule has 0 aliphatic carbocycles. The number of nitrogens with one attached hydrogen (secondary N) is 1. The maximum absolute atomic E-state index is 11.6. The Hall–Kier alpha value is -1.16. The lowest BCUT2D eigenvalue weighted by Crippen LogP contribution is -2.36. The van der Waals surface area contributed by atoms with Gasteiger partial charge in [0.1, 0.15) is 4.21 Å². The topological polar surface area (TPSA) is 119 Å². The third-order valence-electron chi connectivity index (χ3n) is 1.80. The van der Waals surface area contributed by atoms with Crippen molar-refractivity contribution in [1.82, 2.24) is 4.72 Å². The summed E-state index contributed by atoms with van der Waals surface area (Å²) in [6, 6.07) is 1.29. The molecule has 0 radical (unpaired) electrons. The molecule has 1 unspecified atom stereocenters. The summed E-state index contributed by atoms with van der Waals surface area (Å²) < 4.78 is 29.6. The molecular weight excluding hydrogens is 268 g/mol. The van der Waals surface area contributed by atoms with Gasteiger partial charge in [0.05, 0.1) is 7.11 Å². The molecule has 0 fully saturated rings. The normalized spacial score (nSPS) is 13.3. The first kappa shape index (κ1) is 13.9. The van der Waals surface area contributed by atoms with E-state index in [0.717, 1.165) is 18.4 Å². The van der Waals surface area contributed by atoms with Crippen molar-refractivity contribution in [3.8, 4) is 0 Å². The molecule has 0 amide bonds. The van der Waals surface area contributed by atoms with Crippen LogP contribution in [0.4, 0.5) is 5.69 Å². The number of ether oxygens (including phenoxy) is 1. The van der Waals surface area contributed by atoms with Crippen LogP contribution >= 0.6 is 11.3 Å². The number of nitrogens with two attached hydrogens (primary N) is 1. The van der Waals surface area contributed by atoms with Crippen molar-refractivity contribution in [3.63, 3.8) is 0 Å². The number of thiophene rings is 1. The summed E-state index contributed by atoms with van der Waals surface area (Å²) in [5.41, 5.74) is 5.73. The minimum atomic E-state index is -3.76. The quantitative estimate of drug-likeness (QED) is 0.604. The molecule has 1 heterocycles. The van der Waals surface area contributed by atoms with Gasteiger partial charge in [-0.3, -0.25) is 0 Å². The molecule has 0 aliphatic heterocycles. The Morgan fingerprint density at radius 3 is 2.82 bits per heavy atom. The van der Waals surface area contributed by atoms with E-state index in [1.54, 1.807) is 0 Å². The molecular formula is C8H12N2O5S2. The molecule has 0 spiro atoms. The molecule has 9 heteroatoms. The predicted octanol–water partition coefficient (Wildman–Crippen LogP) is -0.858. The van der Waals surface area contributed by atoms with Crippen LogP contribution in [0.15, 0.2) is 15.7 Å². The summed E-state index contributed by atoms with van der Waals surface area (Å²) in [4.78, 5) is 10.8. The Morgan fingerprint density at radius 2 is 2.35 bits per heavy atom. The second-order valence-corrected chi connectivity index (χ2v) is 5.99. The lowest BCUT2D eigenvalue weighted by Gasteiger charge is -2.09. The highest BCUT2D eigenvalue weighted by Crippen LogP contribution is 2.21. The molecule has 1 aromatic rings. The van der Waals surface area contributed by atoms with Crippen molar-refractivity contribution in [3.05, 3.63) is 11.4 Å². The van der Waals surface area contributed by atoms with Gasteiger partial charge in [0.2, 0.25) is 10.0 Å². The number of rotatable bonds is 5. The molecule has 1 aromatic heterocycles. The molecule has 0 bridgehead atoms. The Kier molecular flexibility index (Phi) is 4.46. The predicted molar refractivity (Wildman–Crippen MR) is 61.9 cm³/mol. The van der Waals surface area contributed by atoms with Gasteiger partial charge in [-0.15, -0.1) is 11.3 Å². The number of aliphatic hydroxyl groups is 1. The highest BCUT2D eigenvalue weighted by Gasteiger charge is 2.21. The number of hydrogen-bond donors (Lipinski definition) is 3. The summed E-state index contributed by atoms with van der Waals surface area (Å²) in [6.07, 6.45) is -1.54. The zero-order chi connectivity index (χ0) is 13.1. The van der Waals surface area contributed by atoms with Crippen LogP contribution < -0.4 is 10.5 Å². The summed E-state index contributed by atoms with van der Waals surface area (Å²) >= 11 is 0.949. The van der Waals surface area contributed by atoms with E-state index >= 15 is 0 Å². The van der Waals surface area contributed by atoms with Gasteiger partial charge in [0, 0.05) is 17.6 Å². The summed E-state index contributed by atoms with van der Waals surface area (Å²) in [7, 11) is -2.66. The molecule has 96 valence electrons. The van der Waals surface area contributed by atoms with Crippen molar-refractivity contribution in [2.75, 3.05) is 19.4 Å². The molecule has 17 heavy (non-hydrogen) atoms. The minimum Gasteiger partial charge on any atom is -0.467 e. The Labute approximate surface area is 102 Å². The highest BCUT2D eigenvalue weighted by atomic mass is 32.2. The molecule has 7 nitrogen and oxygen atoms in total. The van der Waals surface area contributed by atoms with Crippen molar-refractivity contribution in [1.29, 1.82) is 0 Å². The fourth-order valence-corrected chi connectivity index (χ4v) is 3.11. The molecule has 0 saturated carbocycles. The fraction of sp³-hybridized carbons (Fsp3) is 0.375. The lowest BCUT2D eigenvalue weighted by atomic mass is 10.4. The number of hydrogen-bond acceptors (Lipinski definition) is 7. The lowest BCUT2D eigenvalue weighted by molar-refractivity contribution is -0.149. The summed E-state index contributed by atoms with van der Waals surface area (Å²) in [5.74, 6) is -0.904. The van der Waals surface area contributed by atoms with E-state index in [1.807, 2.05) is 0 Å². The average molecular weight is 280 g/mol. The van der Waals surface area contributed by atoms with Gasteiger partial charge in [-0.1, -0.05) is 0 Å². The van der Waals surface area contributed by atoms with Crippen LogP contribution in [0, 0.1) is 0 Å². The van der Waals surface area contributed by atoms with Crippen LogP contribution in [0.1, 0.15) is 0 Å². The number of anilines is 1. The van der Waals surface area contributed by atoms with E-state index in [0.29, 0.717) is 5.69 Å². The van der Waals surface area contributed by atoms with Gasteiger partial charge in [0.25, 0.3) is 0 Å². The number of carbonyl (C=O) groups is 1. The number of carbonyl (C=O) groups excluding carboxylic acids is 1. The Balaban J connectivity index is 2.66. The SMILES string of the molecule is COC(=O)C(O)CNS(=O)(=O)c1cc(N)cs1. The van der Waals surface area contributed by atoms with Gasteiger partial charge >= 0.3 is 5.97 Å². The largest absolute Gasteiger partial charge is 0.467 e. The van der Waals surface area contributed by atoms with Crippen LogP contribution in [-0.2, 0) is 19.6 Å². The first-order valence-electron chi connectivity index (χ1n) is 4.46. The molecule has 4 N–H and O–H groups in total. The van der Waals surface area contributed by atoms with E-state index in [9.17, 15) is 18.3 Å². The monoisotopic (exact) mass is 280 g/mol. The van der Waals surface area contributed by atoms with Crippen molar-refractivity contribution >= 4 is 33.0 Å². The first-order chi connectivity index (χ1) is 7.86. The van der Waals surface area contributed by atoms with E-state index < -0.39 is 28.6 Å². The van der Waals surface area contributed by atoms with Crippen LogP contribution in [0.25, 0.3) is 0 Å². The Morgan fingerprint density at radius 1 is 1.71 bits per heavy atom. The van der Waals surface area contributed by atoms with E-state index in [2.05, 4.69) is 9.46 Å². The number of aliphatic hydroxyl groups excluding tert-OH is 1. The Bertz CT molecular complexity index is 496. The van der Waals surface area contributed by atoms with Gasteiger partial charge < -0.3 is 15.6 Å². The van der Waals surface area contributed by atoms with Gasteiger partial charge in [-0.05, 0) is 6.07 Å². The summed E-state index contributed by atoms with van der Waals surface area (Å²) in [5, 5.41) is 10.7. The van der Waals surface area contributed by atoms with Crippen LogP contribution in [0.2, 0.25) is 0 Å². The first-order valence-corrected chi connectivity index (χ1v) is 6.82. The van der Waals surface area contributed by atoms with Crippen molar-refractivity contribution < 1.29 is 23.1 Å². The van der Waals surface area contributed by atoms with Crippen molar-refractivity contribution in [2.24, 2.45) is 0 Å². The minimum absolute atomic E-state index is 0.0204. The second kappa shape index (κ2) is 5.45. The maximum atomic E-state index is 11.6. The average Bonchev–Trinajstić information content (AvgIpc) is 2.72. The zero-order valence-electron chi connectivity index (χ0n) is 8.91.